The van der Waals surface area contributed by atoms with Gasteiger partial charge in [0.15, 0.2) is 0 Å². The molecule has 0 saturated heterocycles. The van der Waals surface area contributed by atoms with Crippen LogP contribution < -0.4 is 5.32 Å². The monoisotopic (exact) mass is 320 g/mol. The number of carbonyl (C=O) groups excluding carboxylic acids is 3. The second-order valence-electron chi connectivity index (χ2n) is 6.13. The number of rotatable bonds is 3. The molecule has 0 radical (unpaired) electrons. The van der Waals surface area contributed by atoms with Crippen molar-refractivity contribution < 1.29 is 14.4 Å². The number of nitrogens with one attached hydrogen (secondary N) is 1. The van der Waals surface area contributed by atoms with E-state index in [1.165, 1.54) is 11.1 Å². The van der Waals surface area contributed by atoms with E-state index in [0.717, 1.165) is 24.2 Å². The zero-order valence-electron chi connectivity index (χ0n) is 13.0. The van der Waals surface area contributed by atoms with Crippen LogP contribution in [0.5, 0.6) is 0 Å². The van der Waals surface area contributed by atoms with Crippen LogP contribution in [-0.4, -0.2) is 29.2 Å². The van der Waals surface area contributed by atoms with E-state index < -0.39 is 11.8 Å². The summed E-state index contributed by atoms with van der Waals surface area (Å²) < 4.78 is 0. The lowest BCUT2D eigenvalue weighted by molar-refractivity contribution is -0.116. The largest absolute Gasteiger partial charge is 0.325 e. The van der Waals surface area contributed by atoms with E-state index in [-0.39, 0.29) is 12.5 Å². The summed E-state index contributed by atoms with van der Waals surface area (Å²) in [6.45, 7) is -0.274. The molecular weight excluding hydrogens is 304 g/mol. The van der Waals surface area contributed by atoms with Gasteiger partial charge in [-0.1, -0.05) is 18.2 Å². The quantitative estimate of drug-likeness (QED) is 0.883. The Morgan fingerprint density at radius 2 is 1.62 bits per heavy atom. The fraction of sp³-hybridized carbons (Fsp3) is 0.211. The minimum absolute atomic E-state index is 0.274. The second-order valence-corrected chi connectivity index (χ2v) is 6.13. The molecule has 1 aliphatic carbocycles. The van der Waals surface area contributed by atoms with Crippen LogP contribution in [0.2, 0.25) is 0 Å². The first-order chi connectivity index (χ1) is 11.6. The molecule has 4 rings (SSSR count). The van der Waals surface area contributed by atoms with Gasteiger partial charge in [-0.25, -0.2) is 0 Å². The Hall–Kier alpha value is -2.95. The first kappa shape index (κ1) is 14.6. The molecule has 5 nitrogen and oxygen atoms in total. The first-order valence-corrected chi connectivity index (χ1v) is 8.00. The van der Waals surface area contributed by atoms with E-state index in [9.17, 15) is 14.4 Å². The SMILES string of the molecule is O=C(CN1C(=O)c2ccccc2C1=O)Nc1ccc2c(c1)CCC2. The van der Waals surface area contributed by atoms with Crippen LogP contribution in [-0.2, 0) is 17.6 Å². The van der Waals surface area contributed by atoms with Crippen LogP contribution in [0.15, 0.2) is 42.5 Å². The van der Waals surface area contributed by atoms with Crippen LogP contribution >= 0.6 is 0 Å². The lowest BCUT2D eigenvalue weighted by Crippen LogP contribution is -2.37. The second kappa shape index (κ2) is 5.60. The topological polar surface area (TPSA) is 66.5 Å². The molecular formula is C19H16N2O3. The fourth-order valence-corrected chi connectivity index (χ4v) is 3.38. The van der Waals surface area contributed by atoms with Crippen molar-refractivity contribution >= 4 is 23.4 Å². The number of amides is 3. The van der Waals surface area contributed by atoms with Crippen molar-refractivity contribution in [3.8, 4) is 0 Å². The van der Waals surface area contributed by atoms with Crippen molar-refractivity contribution in [2.24, 2.45) is 0 Å². The molecule has 120 valence electrons. The molecule has 0 atom stereocenters. The van der Waals surface area contributed by atoms with Gasteiger partial charge in [-0.05, 0) is 54.7 Å². The van der Waals surface area contributed by atoms with Gasteiger partial charge < -0.3 is 5.32 Å². The van der Waals surface area contributed by atoms with Crippen molar-refractivity contribution in [2.45, 2.75) is 19.3 Å². The number of aryl methyl sites for hydroxylation is 2. The van der Waals surface area contributed by atoms with E-state index in [1.54, 1.807) is 24.3 Å². The third kappa shape index (κ3) is 2.38. The summed E-state index contributed by atoms with van der Waals surface area (Å²) in [5.74, 6) is -1.21. The fourth-order valence-electron chi connectivity index (χ4n) is 3.38. The lowest BCUT2D eigenvalue weighted by atomic mass is 10.1. The maximum absolute atomic E-state index is 12.3. The van der Waals surface area contributed by atoms with Crippen LogP contribution in [0.3, 0.4) is 0 Å². The predicted molar refractivity (Wildman–Crippen MR) is 88.9 cm³/mol. The highest BCUT2D eigenvalue weighted by atomic mass is 16.2. The summed E-state index contributed by atoms with van der Waals surface area (Å²) in [6.07, 6.45) is 3.25. The number of nitrogens with zero attached hydrogens (tertiary/aromatic N) is 1. The van der Waals surface area contributed by atoms with Crippen molar-refractivity contribution in [1.29, 1.82) is 0 Å². The average Bonchev–Trinajstić information content (AvgIpc) is 3.14. The number of anilines is 1. The van der Waals surface area contributed by atoms with Gasteiger partial charge in [0, 0.05) is 5.69 Å². The maximum Gasteiger partial charge on any atom is 0.262 e. The van der Waals surface area contributed by atoms with Crippen molar-refractivity contribution in [3.63, 3.8) is 0 Å². The molecule has 0 fully saturated rings. The Morgan fingerprint density at radius 1 is 0.958 bits per heavy atom. The van der Waals surface area contributed by atoms with Gasteiger partial charge in [0.05, 0.1) is 11.1 Å². The minimum Gasteiger partial charge on any atom is -0.325 e. The molecule has 0 saturated carbocycles. The van der Waals surface area contributed by atoms with E-state index in [2.05, 4.69) is 5.32 Å². The number of imide groups is 1. The molecule has 1 N–H and O–H groups in total. The van der Waals surface area contributed by atoms with E-state index in [4.69, 9.17) is 0 Å². The van der Waals surface area contributed by atoms with Crippen LogP contribution in [0.4, 0.5) is 5.69 Å². The molecule has 0 aromatic heterocycles. The molecule has 24 heavy (non-hydrogen) atoms. The molecule has 1 heterocycles. The van der Waals surface area contributed by atoms with E-state index in [1.807, 2.05) is 18.2 Å². The number of hydrogen-bond donors (Lipinski definition) is 1. The molecule has 1 aliphatic heterocycles. The Balaban J connectivity index is 1.47. The maximum atomic E-state index is 12.3. The first-order valence-electron chi connectivity index (χ1n) is 8.00. The smallest absolute Gasteiger partial charge is 0.262 e. The summed E-state index contributed by atoms with van der Waals surface area (Å²) in [4.78, 5) is 37.8. The Labute approximate surface area is 139 Å². The molecule has 3 amide bonds. The Bertz CT molecular complexity index is 838. The highest BCUT2D eigenvalue weighted by Gasteiger charge is 2.36. The standard InChI is InChI=1S/C19H16N2O3/c22-17(20-14-9-8-12-4-3-5-13(12)10-14)11-21-18(23)15-6-1-2-7-16(15)19(21)24/h1-2,6-10H,3-5,11H2,(H,20,22). The van der Waals surface area contributed by atoms with Gasteiger partial charge in [0.25, 0.3) is 11.8 Å². The number of hydrogen-bond acceptors (Lipinski definition) is 3. The third-order valence-electron chi connectivity index (χ3n) is 4.56. The van der Waals surface area contributed by atoms with E-state index >= 15 is 0 Å². The Morgan fingerprint density at radius 3 is 2.33 bits per heavy atom. The zero-order valence-corrected chi connectivity index (χ0v) is 13.0. The summed E-state index contributed by atoms with van der Waals surface area (Å²) in [5.41, 5.74) is 4.00. The molecule has 0 bridgehead atoms. The predicted octanol–water partition coefficient (Wildman–Crippen LogP) is 2.41. The number of carbonyl (C=O) groups is 3. The van der Waals surface area contributed by atoms with Gasteiger partial charge in [0.1, 0.15) is 6.54 Å². The van der Waals surface area contributed by atoms with Crippen molar-refractivity contribution in [2.75, 3.05) is 11.9 Å². The molecule has 0 spiro atoms. The summed E-state index contributed by atoms with van der Waals surface area (Å²) in [6, 6.07) is 12.5. The summed E-state index contributed by atoms with van der Waals surface area (Å²) in [5, 5.41) is 2.78. The van der Waals surface area contributed by atoms with Gasteiger partial charge in [-0.15, -0.1) is 0 Å². The van der Waals surface area contributed by atoms with Crippen molar-refractivity contribution in [3.05, 3.63) is 64.7 Å². The molecule has 2 aliphatic rings. The van der Waals surface area contributed by atoms with Gasteiger partial charge >= 0.3 is 0 Å². The average molecular weight is 320 g/mol. The normalized spacial score (nSPS) is 15.4. The molecule has 2 aromatic rings. The Kier molecular flexibility index (Phi) is 3.41. The van der Waals surface area contributed by atoms with Crippen LogP contribution in [0, 0.1) is 0 Å². The van der Waals surface area contributed by atoms with Crippen LogP contribution in [0.25, 0.3) is 0 Å². The molecule has 5 heteroatoms. The number of fused-ring (bicyclic) bond motifs is 2. The molecule has 2 aromatic carbocycles. The molecule has 0 unspecified atom stereocenters. The van der Waals surface area contributed by atoms with Crippen molar-refractivity contribution in [1.82, 2.24) is 4.90 Å². The highest BCUT2D eigenvalue weighted by Crippen LogP contribution is 2.25. The van der Waals surface area contributed by atoms with Crippen LogP contribution in [0.1, 0.15) is 38.3 Å². The summed E-state index contributed by atoms with van der Waals surface area (Å²) >= 11 is 0. The van der Waals surface area contributed by atoms with E-state index in [0.29, 0.717) is 16.8 Å². The lowest BCUT2D eigenvalue weighted by Gasteiger charge is -2.14. The van der Waals surface area contributed by atoms with Gasteiger partial charge in [0.2, 0.25) is 5.91 Å². The number of benzene rings is 2. The minimum atomic E-state index is -0.417. The van der Waals surface area contributed by atoms with Gasteiger partial charge in [-0.2, -0.15) is 0 Å². The summed E-state index contributed by atoms with van der Waals surface area (Å²) in [7, 11) is 0. The van der Waals surface area contributed by atoms with Gasteiger partial charge in [-0.3, -0.25) is 19.3 Å². The third-order valence-corrected chi connectivity index (χ3v) is 4.56. The zero-order chi connectivity index (χ0) is 16.7. The highest BCUT2D eigenvalue weighted by molar-refractivity contribution is 6.22.